The molecule has 0 saturated carbocycles. The van der Waals surface area contributed by atoms with Gasteiger partial charge in [-0.25, -0.2) is 0 Å². The van der Waals surface area contributed by atoms with Gasteiger partial charge in [-0.2, -0.15) is 0 Å². The molecule has 0 spiro atoms. The van der Waals surface area contributed by atoms with E-state index in [0.717, 1.165) is 11.0 Å². The van der Waals surface area contributed by atoms with E-state index >= 15 is 0 Å². The van der Waals surface area contributed by atoms with E-state index in [1.807, 2.05) is 0 Å². The van der Waals surface area contributed by atoms with Crippen molar-refractivity contribution in [1.82, 2.24) is 0 Å². The van der Waals surface area contributed by atoms with Crippen LogP contribution in [0.25, 0.3) is 0 Å². The lowest BCUT2D eigenvalue weighted by Gasteiger charge is -2.32. The van der Waals surface area contributed by atoms with Gasteiger partial charge in [0.1, 0.15) is 0 Å². The van der Waals surface area contributed by atoms with Crippen LogP contribution in [0.3, 0.4) is 0 Å². The molecule has 0 bridgehead atoms. The first-order chi connectivity index (χ1) is 9.09. The molecule has 0 atom stereocenters. The number of rotatable bonds is 3. The Morgan fingerprint density at radius 1 is 0.950 bits per heavy atom. The van der Waals surface area contributed by atoms with Crippen LogP contribution in [-0.2, 0) is 19.6 Å². The SMILES string of the molecule is COC(C)(C)c1ccc(B2OC(C)(C)C(C)(C)O2)cc1. The van der Waals surface area contributed by atoms with Crippen LogP contribution in [0.2, 0.25) is 0 Å². The van der Waals surface area contributed by atoms with Crippen LogP contribution in [0.5, 0.6) is 0 Å². The summed E-state index contributed by atoms with van der Waals surface area (Å²) in [6, 6.07) is 8.25. The fraction of sp³-hybridized carbons (Fsp3) is 0.625. The zero-order valence-electron chi connectivity index (χ0n) is 13.6. The highest BCUT2D eigenvalue weighted by molar-refractivity contribution is 6.62. The van der Waals surface area contributed by atoms with Crippen LogP contribution >= 0.6 is 0 Å². The Kier molecular flexibility index (Phi) is 3.78. The maximum Gasteiger partial charge on any atom is 0.494 e. The summed E-state index contributed by atoms with van der Waals surface area (Å²) in [4.78, 5) is 0. The molecule has 1 aliphatic heterocycles. The molecule has 0 N–H and O–H groups in total. The predicted octanol–water partition coefficient (Wildman–Crippen LogP) is 2.87. The van der Waals surface area contributed by atoms with E-state index in [2.05, 4.69) is 65.8 Å². The maximum absolute atomic E-state index is 6.05. The number of benzene rings is 1. The molecule has 2 rings (SSSR count). The molecule has 0 radical (unpaired) electrons. The van der Waals surface area contributed by atoms with Crippen molar-refractivity contribution >= 4 is 12.6 Å². The van der Waals surface area contributed by atoms with E-state index in [9.17, 15) is 0 Å². The Morgan fingerprint density at radius 2 is 1.40 bits per heavy atom. The Morgan fingerprint density at radius 3 is 1.80 bits per heavy atom. The van der Waals surface area contributed by atoms with Crippen molar-refractivity contribution in [2.45, 2.75) is 58.3 Å². The van der Waals surface area contributed by atoms with Crippen molar-refractivity contribution in [3.05, 3.63) is 29.8 Å². The lowest BCUT2D eigenvalue weighted by atomic mass is 9.78. The largest absolute Gasteiger partial charge is 0.494 e. The maximum atomic E-state index is 6.05. The Labute approximate surface area is 122 Å². The van der Waals surface area contributed by atoms with Crippen LogP contribution in [0.15, 0.2) is 24.3 Å². The van der Waals surface area contributed by atoms with Crippen LogP contribution < -0.4 is 5.46 Å². The van der Waals surface area contributed by atoms with Gasteiger partial charge in [0, 0.05) is 7.11 Å². The quantitative estimate of drug-likeness (QED) is 0.794. The fourth-order valence-corrected chi connectivity index (χ4v) is 2.14. The minimum atomic E-state index is -0.306. The normalized spacial score (nSPS) is 21.2. The smallest absolute Gasteiger partial charge is 0.399 e. The van der Waals surface area contributed by atoms with E-state index in [1.165, 1.54) is 0 Å². The van der Waals surface area contributed by atoms with Gasteiger partial charge in [-0.05, 0) is 52.6 Å². The van der Waals surface area contributed by atoms with Crippen molar-refractivity contribution in [3.63, 3.8) is 0 Å². The van der Waals surface area contributed by atoms with Gasteiger partial charge >= 0.3 is 7.12 Å². The second-order valence-corrected chi connectivity index (χ2v) is 6.92. The standard InChI is InChI=1S/C16H25BO3/c1-14(2,18-7)12-8-10-13(11-9-12)17-19-15(3,4)16(5,6)20-17/h8-11H,1-7H3. The van der Waals surface area contributed by atoms with E-state index in [4.69, 9.17) is 14.0 Å². The van der Waals surface area contributed by atoms with Gasteiger partial charge in [-0.3, -0.25) is 0 Å². The molecule has 1 aliphatic rings. The number of ether oxygens (including phenoxy) is 1. The Hall–Kier alpha value is -0.835. The topological polar surface area (TPSA) is 27.7 Å². The minimum absolute atomic E-state index is 0.283. The highest BCUT2D eigenvalue weighted by Crippen LogP contribution is 2.36. The fourth-order valence-electron chi connectivity index (χ4n) is 2.14. The summed E-state index contributed by atoms with van der Waals surface area (Å²) in [5.74, 6) is 0. The van der Waals surface area contributed by atoms with E-state index in [1.54, 1.807) is 7.11 Å². The van der Waals surface area contributed by atoms with Gasteiger partial charge in [-0.1, -0.05) is 24.3 Å². The third-order valence-electron chi connectivity index (χ3n) is 4.64. The first-order valence-electron chi connectivity index (χ1n) is 7.10. The van der Waals surface area contributed by atoms with Crippen molar-refractivity contribution in [2.24, 2.45) is 0 Å². The Bertz CT molecular complexity index is 461. The highest BCUT2D eigenvalue weighted by Gasteiger charge is 2.51. The predicted molar refractivity (Wildman–Crippen MR) is 82.2 cm³/mol. The minimum Gasteiger partial charge on any atom is -0.399 e. The molecule has 110 valence electrons. The van der Waals surface area contributed by atoms with Crippen LogP contribution in [0.4, 0.5) is 0 Å². The molecule has 0 aliphatic carbocycles. The molecule has 1 fully saturated rings. The van der Waals surface area contributed by atoms with Gasteiger partial charge in [0.15, 0.2) is 0 Å². The van der Waals surface area contributed by atoms with Gasteiger partial charge in [-0.15, -0.1) is 0 Å². The molecule has 20 heavy (non-hydrogen) atoms. The monoisotopic (exact) mass is 276 g/mol. The summed E-state index contributed by atoms with van der Waals surface area (Å²) in [6.07, 6.45) is 0. The summed E-state index contributed by atoms with van der Waals surface area (Å²) in [6.45, 7) is 12.4. The lowest BCUT2D eigenvalue weighted by Crippen LogP contribution is -2.41. The molecule has 0 unspecified atom stereocenters. The second-order valence-electron chi connectivity index (χ2n) is 6.92. The number of hydrogen-bond donors (Lipinski definition) is 0. The van der Waals surface area contributed by atoms with Crippen molar-refractivity contribution in [1.29, 1.82) is 0 Å². The molecule has 0 amide bonds. The molecule has 1 heterocycles. The van der Waals surface area contributed by atoms with Crippen LogP contribution in [0.1, 0.15) is 47.1 Å². The number of methoxy groups -OCH3 is 1. The van der Waals surface area contributed by atoms with Gasteiger partial charge in [0.2, 0.25) is 0 Å². The summed E-state index contributed by atoms with van der Waals surface area (Å²) in [7, 11) is 1.42. The molecule has 1 aromatic carbocycles. The van der Waals surface area contributed by atoms with Gasteiger partial charge in [0.05, 0.1) is 16.8 Å². The lowest BCUT2D eigenvalue weighted by molar-refractivity contribution is 0.00578. The van der Waals surface area contributed by atoms with Crippen LogP contribution in [0, 0.1) is 0 Å². The Balaban J connectivity index is 2.21. The average molecular weight is 276 g/mol. The molecular formula is C16H25BO3. The van der Waals surface area contributed by atoms with Gasteiger partial charge < -0.3 is 14.0 Å². The number of hydrogen-bond acceptors (Lipinski definition) is 3. The van der Waals surface area contributed by atoms with Crippen LogP contribution in [-0.4, -0.2) is 25.4 Å². The molecular weight excluding hydrogens is 251 g/mol. The van der Waals surface area contributed by atoms with E-state index < -0.39 is 0 Å². The summed E-state index contributed by atoms with van der Waals surface area (Å²) in [5, 5.41) is 0. The zero-order chi connectivity index (χ0) is 15.2. The zero-order valence-corrected chi connectivity index (χ0v) is 13.6. The van der Waals surface area contributed by atoms with E-state index in [0.29, 0.717) is 0 Å². The summed E-state index contributed by atoms with van der Waals surface area (Å²) < 4.78 is 17.6. The van der Waals surface area contributed by atoms with Crippen molar-refractivity contribution in [3.8, 4) is 0 Å². The first-order valence-corrected chi connectivity index (χ1v) is 7.10. The summed E-state index contributed by atoms with van der Waals surface area (Å²) in [5.41, 5.74) is 1.29. The third kappa shape index (κ3) is 2.65. The second kappa shape index (κ2) is 4.87. The molecule has 0 aromatic heterocycles. The molecule has 1 saturated heterocycles. The third-order valence-corrected chi connectivity index (χ3v) is 4.64. The van der Waals surface area contributed by atoms with E-state index in [-0.39, 0.29) is 23.9 Å². The van der Waals surface area contributed by atoms with Crippen molar-refractivity contribution in [2.75, 3.05) is 7.11 Å². The van der Waals surface area contributed by atoms with Gasteiger partial charge in [0.25, 0.3) is 0 Å². The molecule has 1 aromatic rings. The average Bonchev–Trinajstić information content (AvgIpc) is 2.59. The molecule has 3 nitrogen and oxygen atoms in total. The first kappa shape index (κ1) is 15.6. The summed E-state index contributed by atoms with van der Waals surface area (Å²) >= 11 is 0. The highest BCUT2D eigenvalue weighted by atomic mass is 16.7. The van der Waals surface area contributed by atoms with Crippen molar-refractivity contribution < 1.29 is 14.0 Å². The molecule has 4 heteroatoms.